The lowest BCUT2D eigenvalue weighted by Crippen LogP contribution is -2.59. The molecule has 0 bridgehead atoms. The van der Waals surface area contributed by atoms with Crippen molar-refractivity contribution in [3.05, 3.63) is 29.6 Å². The van der Waals surface area contributed by atoms with Gasteiger partial charge in [0.1, 0.15) is 23.1 Å². The third kappa shape index (κ3) is 4.13. The van der Waals surface area contributed by atoms with Crippen LogP contribution in [0, 0.1) is 11.3 Å². The number of carboxylic acid groups (broad SMARTS) is 1. The zero-order chi connectivity index (χ0) is 22.2. The second-order valence-corrected chi connectivity index (χ2v) is 8.52. The van der Waals surface area contributed by atoms with E-state index in [-0.39, 0.29) is 29.3 Å². The molecule has 0 spiro atoms. The quantitative estimate of drug-likeness (QED) is 0.801. The Morgan fingerprint density at radius 3 is 2.37 bits per heavy atom. The fourth-order valence-electron chi connectivity index (χ4n) is 3.75. The van der Waals surface area contributed by atoms with Gasteiger partial charge in [-0.25, -0.2) is 14.6 Å². The highest BCUT2D eigenvalue weighted by Crippen LogP contribution is 2.30. The lowest BCUT2D eigenvalue weighted by molar-refractivity contribution is 0.00560. The van der Waals surface area contributed by atoms with Crippen molar-refractivity contribution in [3.63, 3.8) is 0 Å². The van der Waals surface area contributed by atoms with Gasteiger partial charge in [0, 0.05) is 30.9 Å². The van der Waals surface area contributed by atoms with E-state index in [2.05, 4.69) is 9.97 Å². The molecule has 3 heterocycles. The largest absolute Gasteiger partial charge is 0.478 e. The van der Waals surface area contributed by atoms with E-state index in [0.29, 0.717) is 29.9 Å². The Kier molecular flexibility index (Phi) is 5.53. The minimum absolute atomic E-state index is 0.0215. The topological polar surface area (TPSA) is 120 Å². The van der Waals surface area contributed by atoms with Crippen molar-refractivity contribution in [2.24, 2.45) is 0 Å². The summed E-state index contributed by atoms with van der Waals surface area (Å²) in [5.74, 6) is -0.588. The van der Waals surface area contributed by atoms with Gasteiger partial charge in [-0.05, 0) is 40.7 Å². The summed E-state index contributed by atoms with van der Waals surface area (Å²) < 4.78 is 5.54. The van der Waals surface area contributed by atoms with Gasteiger partial charge >= 0.3 is 12.1 Å². The van der Waals surface area contributed by atoms with Crippen LogP contribution in [-0.4, -0.2) is 62.8 Å². The van der Waals surface area contributed by atoms with Crippen molar-refractivity contribution in [2.45, 2.75) is 52.3 Å². The number of carbonyl (C=O) groups excluding carboxylic acids is 1. The Balaban J connectivity index is 1.98. The number of rotatable bonds is 2. The average molecular weight is 411 g/mol. The van der Waals surface area contributed by atoms with Gasteiger partial charge < -0.3 is 14.7 Å². The van der Waals surface area contributed by atoms with E-state index in [1.54, 1.807) is 11.0 Å². The Bertz CT molecular complexity index is 1030. The third-order valence-electron chi connectivity index (χ3n) is 4.88. The zero-order valence-corrected chi connectivity index (χ0v) is 17.7. The Labute approximate surface area is 174 Å². The fraction of sp³-hybridized carbons (Fsp3) is 0.476. The predicted octanol–water partition coefficient (Wildman–Crippen LogP) is 3.03. The molecule has 0 aromatic carbocycles. The number of hydrogen-bond acceptors (Lipinski definition) is 7. The van der Waals surface area contributed by atoms with Crippen molar-refractivity contribution >= 4 is 28.8 Å². The van der Waals surface area contributed by atoms with Gasteiger partial charge in [-0.2, -0.15) is 5.26 Å². The molecule has 2 atom stereocenters. The van der Waals surface area contributed by atoms with E-state index in [1.165, 1.54) is 12.4 Å². The van der Waals surface area contributed by atoms with Crippen LogP contribution in [-0.2, 0) is 4.74 Å². The second-order valence-electron chi connectivity index (χ2n) is 8.52. The van der Waals surface area contributed by atoms with E-state index in [9.17, 15) is 20.0 Å². The number of anilines is 1. The Morgan fingerprint density at radius 1 is 1.20 bits per heavy atom. The second kappa shape index (κ2) is 7.78. The first-order valence-electron chi connectivity index (χ1n) is 9.70. The summed E-state index contributed by atoms with van der Waals surface area (Å²) in [6.45, 7) is 10.3. The number of carbonyl (C=O) groups is 2. The maximum atomic E-state index is 12.7. The van der Waals surface area contributed by atoms with Crippen LogP contribution in [0.3, 0.4) is 0 Å². The van der Waals surface area contributed by atoms with Crippen molar-refractivity contribution in [1.82, 2.24) is 14.9 Å². The van der Waals surface area contributed by atoms with Crippen LogP contribution in [0.2, 0.25) is 0 Å². The SMILES string of the molecule is C[C@@H]1CN(c2ncc(C(=O)O)c3ncc(C#N)cc23)C[C@H](C)N1C(=O)OC(C)(C)C. The highest BCUT2D eigenvalue weighted by Gasteiger charge is 2.36. The van der Waals surface area contributed by atoms with Crippen LogP contribution >= 0.6 is 0 Å². The molecular weight excluding hydrogens is 386 g/mol. The monoisotopic (exact) mass is 411 g/mol. The Morgan fingerprint density at radius 2 is 1.83 bits per heavy atom. The molecule has 158 valence electrons. The van der Waals surface area contributed by atoms with Crippen LogP contribution in [0.25, 0.3) is 10.9 Å². The molecule has 0 aliphatic carbocycles. The smallest absolute Gasteiger partial charge is 0.410 e. The maximum absolute atomic E-state index is 12.7. The molecule has 30 heavy (non-hydrogen) atoms. The number of aromatic nitrogens is 2. The van der Waals surface area contributed by atoms with Crippen LogP contribution in [0.5, 0.6) is 0 Å². The fourth-order valence-corrected chi connectivity index (χ4v) is 3.75. The van der Waals surface area contributed by atoms with Gasteiger partial charge in [0.05, 0.1) is 23.2 Å². The summed E-state index contributed by atoms with van der Waals surface area (Å²) >= 11 is 0. The lowest BCUT2D eigenvalue weighted by Gasteiger charge is -2.45. The number of piperazine rings is 1. The number of aromatic carboxylic acids is 1. The highest BCUT2D eigenvalue weighted by atomic mass is 16.6. The minimum atomic E-state index is -1.13. The number of fused-ring (bicyclic) bond motifs is 1. The summed E-state index contributed by atoms with van der Waals surface area (Å²) in [6.07, 6.45) is 2.27. The molecule has 3 rings (SSSR count). The summed E-state index contributed by atoms with van der Waals surface area (Å²) in [5.41, 5.74) is -0.00746. The molecule has 1 fully saturated rings. The van der Waals surface area contributed by atoms with E-state index in [4.69, 9.17) is 4.74 Å². The molecule has 9 nitrogen and oxygen atoms in total. The summed E-state index contributed by atoms with van der Waals surface area (Å²) in [7, 11) is 0. The molecule has 1 saturated heterocycles. The molecule has 9 heteroatoms. The first-order chi connectivity index (χ1) is 14.0. The standard InChI is InChI=1S/C21H25N5O4/c1-12-10-25(11-13(2)26(12)20(29)30-21(3,4)5)18-15-6-14(7-22)8-23-17(15)16(9-24-18)19(27)28/h6,8-9,12-13H,10-11H2,1-5H3,(H,27,28)/t12-,13+. The van der Waals surface area contributed by atoms with Gasteiger partial charge in [-0.1, -0.05) is 0 Å². The number of hydrogen-bond donors (Lipinski definition) is 1. The number of amides is 1. The number of nitriles is 1. The van der Waals surface area contributed by atoms with Crippen LogP contribution in [0.1, 0.15) is 50.5 Å². The van der Waals surface area contributed by atoms with Crippen LogP contribution in [0.15, 0.2) is 18.5 Å². The van der Waals surface area contributed by atoms with Gasteiger partial charge in [0.15, 0.2) is 0 Å². The van der Waals surface area contributed by atoms with Crippen LogP contribution < -0.4 is 4.90 Å². The predicted molar refractivity (Wildman–Crippen MR) is 110 cm³/mol. The van der Waals surface area contributed by atoms with E-state index in [1.807, 2.05) is 45.6 Å². The van der Waals surface area contributed by atoms with Gasteiger partial charge in [-0.3, -0.25) is 9.88 Å². The van der Waals surface area contributed by atoms with Gasteiger partial charge in [0.2, 0.25) is 0 Å². The maximum Gasteiger partial charge on any atom is 0.410 e. The average Bonchev–Trinajstić information content (AvgIpc) is 2.64. The van der Waals surface area contributed by atoms with Crippen molar-refractivity contribution in [1.29, 1.82) is 5.26 Å². The summed E-state index contributed by atoms with van der Waals surface area (Å²) in [5, 5.41) is 19.2. The molecule has 0 unspecified atom stereocenters. The van der Waals surface area contributed by atoms with Crippen molar-refractivity contribution in [2.75, 3.05) is 18.0 Å². The number of nitrogens with zero attached hydrogens (tertiary/aromatic N) is 5. The first-order valence-corrected chi connectivity index (χ1v) is 9.70. The minimum Gasteiger partial charge on any atom is -0.478 e. The molecule has 1 aliphatic heterocycles. The lowest BCUT2D eigenvalue weighted by atomic mass is 10.1. The van der Waals surface area contributed by atoms with Gasteiger partial charge in [-0.15, -0.1) is 0 Å². The first kappa shape index (κ1) is 21.3. The summed E-state index contributed by atoms with van der Waals surface area (Å²) in [4.78, 5) is 36.5. The highest BCUT2D eigenvalue weighted by molar-refractivity contribution is 6.05. The number of ether oxygens (including phenoxy) is 1. The number of pyridine rings is 2. The van der Waals surface area contributed by atoms with Crippen molar-refractivity contribution < 1.29 is 19.4 Å². The molecule has 0 saturated carbocycles. The van der Waals surface area contributed by atoms with Crippen molar-refractivity contribution in [3.8, 4) is 6.07 Å². The molecule has 2 aromatic heterocycles. The van der Waals surface area contributed by atoms with E-state index in [0.717, 1.165) is 0 Å². The zero-order valence-electron chi connectivity index (χ0n) is 17.7. The molecule has 1 aliphatic rings. The third-order valence-corrected chi connectivity index (χ3v) is 4.88. The normalized spacial score (nSPS) is 19.5. The molecule has 0 radical (unpaired) electrons. The molecule has 1 amide bonds. The van der Waals surface area contributed by atoms with Gasteiger partial charge in [0.25, 0.3) is 0 Å². The summed E-state index contributed by atoms with van der Waals surface area (Å²) in [6, 6.07) is 3.32. The molecular formula is C21H25N5O4. The Hall–Kier alpha value is -3.41. The molecule has 1 N–H and O–H groups in total. The van der Waals surface area contributed by atoms with E-state index < -0.39 is 11.6 Å². The van der Waals surface area contributed by atoms with E-state index >= 15 is 0 Å². The molecule has 2 aromatic rings. The van der Waals surface area contributed by atoms with Crippen LogP contribution in [0.4, 0.5) is 10.6 Å². The number of carboxylic acids is 1.